The highest BCUT2D eigenvalue weighted by atomic mass is 35.5. The molecule has 0 saturated carbocycles. The molecule has 37 heavy (non-hydrogen) atoms. The Hall–Kier alpha value is -4.25. The van der Waals surface area contributed by atoms with Crippen LogP contribution in [-0.4, -0.2) is 55.7 Å². The summed E-state index contributed by atoms with van der Waals surface area (Å²) in [4.78, 5) is 28.8. The number of ether oxygens (including phenoxy) is 3. The van der Waals surface area contributed by atoms with E-state index in [0.29, 0.717) is 18.1 Å². The van der Waals surface area contributed by atoms with Crippen LogP contribution in [-0.2, 0) is 27.2 Å². The summed E-state index contributed by atoms with van der Waals surface area (Å²) >= 11 is 6.40. The van der Waals surface area contributed by atoms with Crippen LogP contribution in [0.5, 0.6) is 0 Å². The van der Waals surface area contributed by atoms with E-state index < -0.39 is 18.9 Å². The monoisotopic (exact) mass is 524 g/mol. The maximum absolute atomic E-state index is 13.0. The number of hydrogen-bond acceptors (Lipinski definition) is 9. The molecular weight excluding hydrogens is 500 g/mol. The summed E-state index contributed by atoms with van der Waals surface area (Å²) in [6.45, 7) is 3.46. The van der Waals surface area contributed by atoms with Gasteiger partial charge in [0.15, 0.2) is 10.8 Å². The molecule has 0 aliphatic heterocycles. The van der Waals surface area contributed by atoms with Crippen molar-refractivity contribution in [2.75, 3.05) is 13.4 Å². The molecule has 0 aliphatic carbocycles. The van der Waals surface area contributed by atoms with Gasteiger partial charge in [-0.3, -0.25) is 0 Å². The number of aromatic nitrogens is 6. The number of aromatic amines is 1. The molecule has 0 spiro atoms. The SMILES string of the molecule is CCCc1nc(Cl)c(C(=O)OCOC(=O)OCC)n1Cc1ccccc1-c1ccccc1-c1nn[nH]n1. The summed E-state index contributed by atoms with van der Waals surface area (Å²) in [5.74, 6) is 0.328. The summed E-state index contributed by atoms with van der Waals surface area (Å²) in [7, 11) is 0. The van der Waals surface area contributed by atoms with E-state index in [1.807, 2.05) is 55.5 Å². The Balaban J connectivity index is 1.69. The van der Waals surface area contributed by atoms with Crippen molar-refractivity contribution >= 4 is 23.7 Å². The minimum Gasteiger partial charge on any atom is -0.435 e. The molecule has 12 heteroatoms. The molecule has 4 rings (SSSR count). The van der Waals surface area contributed by atoms with Gasteiger partial charge in [-0.15, -0.1) is 10.2 Å². The van der Waals surface area contributed by atoms with Crippen molar-refractivity contribution in [3.8, 4) is 22.5 Å². The van der Waals surface area contributed by atoms with Gasteiger partial charge in [-0.05, 0) is 35.2 Å². The normalized spacial score (nSPS) is 10.8. The predicted molar refractivity (Wildman–Crippen MR) is 134 cm³/mol. The zero-order valence-electron chi connectivity index (χ0n) is 20.3. The molecule has 0 atom stereocenters. The molecule has 1 N–H and O–H groups in total. The third-order valence-electron chi connectivity index (χ3n) is 5.45. The van der Waals surface area contributed by atoms with Gasteiger partial charge in [0, 0.05) is 12.0 Å². The number of rotatable bonds is 10. The van der Waals surface area contributed by atoms with Crippen LogP contribution in [0.25, 0.3) is 22.5 Å². The second-order valence-electron chi connectivity index (χ2n) is 7.82. The summed E-state index contributed by atoms with van der Waals surface area (Å²) in [6, 6.07) is 15.5. The number of nitrogens with one attached hydrogen (secondary N) is 1. The Labute approximate surface area is 217 Å². The fourth-order valence-electron chi connectivity index (χ4n) is 3.89. The van der Waals surface area contributed by atoms with Gasteiger partial charge >= 0.3 is 12.1 Å². The lowest BCUT2D eigenvalue weighted by Crippen LogP contribution is -2.18. The molecule has 0 saturated heterocycles. The maximum atomic E-state index is 13.0. The summed E-state index contributed by atoms with van der Waals surface area (Å²) < 4.78 is 16.3. The van der Waals surface area contributed by atoms with E-state index in [4.69, 9.17) is 21.1 Å². The van der Waals surface area contributed by atoms with E-state index in [-0.39, 0.29) is 24.0 Å². The number of hydrogen-bond donors (Lipinski definition) is 1. The number of H-pyrrole nitrogens is 1. The number of aryl methyl sites for hydroxylation is 1. The van der Waals surface area contributed by atoms with Gasteiger partial charge in [0.1, 0.15) is 5.82 Å². The summed E-state index contributed by atoms with van der Waals surface area (Å²) in [6.07, 6.45) is 0.445. The zero-order valence-corrected chi connectivity index (χ0v) is 21.1. The average molecular weight is 525 g/mol. The van der Waals surface area contributed by atoms with E-state index in [1.54, 1.807) is 11.5 Å². The Morgan fingerprint density at radius 2 is 1.70 bits per heavy atom. The first-order chi connectivity index (χ1) is 18.0. The Morgan fingerprint density at radius 1 is 0.973 bits per heavy atom. The molecule has 4 aromatic rings. The van der Waals surface area contributed by atoms with Gasteiger partial charge in [-0.25, -0.2) is 14.6 Å². The first kappa shape index (κ1) is 25.8. The molecule has 11 nitrogen and oxygen atoms in total. The number of benzene rings is 2. The van der Waals surface area contributed by atoms with Crippen molar-refractivity contribution in [2.45, 2.75) is 33.2 Å². The highest BCUT2D eigenvalue weighted by molar-refractivity contribution is 6.32. The van der Waals surface area contributed by atoms with Crippen LogP contribution < -0.4 is 0 Å². The van der Waals surface area contributed by atoms with E-state index in [9.17, 15) is 9.59 Å². The van der Waals surface area contributed by atoms with Gasteiger partial charge in [-0.1, -0.05) is 67.1 Å². The molecule has 0 fully saturated rings. The van der Waals surface area contributed by atoms with Crippen molar-refractivity contribution in [1.29, 1.82) is 0 Å². The number of carbonyl (C=O) groups is 2. The standard InChI is InChI=1S/C25H25ClN6O5/c1-3-9-20-27-22(26)21(24(33)36-15-37-25(34)35-4-2)32(20)14-16-10-5-6-11-17(16)18-12-7-8-13-19(18)23-28-30-31-29-23/h5-8,10-13H,3-4,9,14-15H2,1-2H3,(H,28,29,30,31). The third kappa shape index (κ3) is 5.95. The fourth-order valence-corrected chi connectivity index (χ4v) is 4.16. The minimum absolute atomic E-state index is 0.00858. The maximum Gasteiger partial charge on any atom is 0.511 e. The molecule has 192 valence electrons. The van der Waals surface area contributed by atoms with E-state index in [0.717, 1.165) is 28.7 Å². The Morgan fingerprint density at radius 3 is 2.41 bits per heavy atom. The largest absolute Gasteiger partial charge is 0.511 e. The summed E-state index contributed by atoms with van der Waals surface area (Å²) in [5, 5.41) is 14.4. The number of nitrogens with zero attached hydrogens (tertiary/aromatic N) is 5. The molecule has 0 radical (unpaired) electrons. The Kier molecular flexibility index (Phi) is 8.47. The van der Waals surface area contributed by atoms with Gasteiger partial charge in [0.2, 0.25) is 12.6 Å². The van der Waals surface area contributed by atoms with Crippen LogP contribution in [0.1, 0.15) is 42.1 Å². The quantitative estimate of drug-likeness (QED) is 0.232. The van der Waals surface area contributed by atoms with Gasteiger partial charge < -0.3 is 18.8 Å². The predicted octanol–water partition coefficient (Wildman–Crippen LogP) is 4.67. The first-order valence-corrected chi connectivity index (χ1v) is 12.0. The number of halogens is 1. The van der Waals surface area contributed by atoms with Crippen molar-refractivity contribution in [2.24, 2.45) is 0 Å². The van der Waals surface area contributed by atoms with Crippen LogP contribution in [0.15, 0.2) is 48.5 Å². The number of tetrazole rings is 1. The van der Waals surface area contributed by atoms with Crippen LogP contribution in [0.2, 0.25) is 5.15 Å². The second kappa shape index (κ2) is 12.1. The number of imidazole rings is 1. The molecular formula is C25H25ClN6O5. The topological polar surface area (TPSA) is 134 Å². The highest BCUT2D eigenvalue weighted by Gasteiger charge is 2.25. The smallest absolute Gasteiger partial charge is 0.435 e. The molecule has 2 aromatic carbocycles. The second-order valence-corrected chi connectivity index (χ2v) is 8.18. The van der Waals surface area contributed by atoms with Crippen molar-refractivity contribution in [3.63, 3.8) is 0 Å². The minimum atomic E-state index is -0.934. The molecule has 0 amide bonds. The van der Waals surface area contributed by atoms with E-state index in [1.165, 1.54) is 0 Å². The van der Waals surface area contributed by atoms with Crippen LogP contribution in [0.4, 0.5) is 4.79 Å². The van der Waals surface area contributed by atoms with Gasteiger partial charge in [0.05, 0.1) is 13.2 Å². The Bertz CT molecular complexity index is 1370. The van der Waals surface area contributed by atoms with Crippen LogP contribution in [0.3, 0.4) is 0 Å². The lowest BCUT2D eigenvalue weighted by molar-refractivity contribution is -0.0267. The first-order valence-electron chi connectivity index (χ1n) is 11.7. The van der Waals surface area contributed by atoms with Crippen LogP contribution in [0, 0.1) is 0 Å². The average Bonchev–Trinajstić information content (AvgIpc) is 3.53. The summed E-state index contributed by atoms with van der Waals surface area (Å²) in [5.41, 5.74) is 3.59. The lowest BCUT2D eigenvalue weighted by atomic mass is 9.95. The number of esters is 1. The number of carbonyl (C=O) groups excluding carboxylic acids is 2. The van der Waals surface area contributed by atoms with Crippen LogP contribution >= 0.6 is 11.6 Å². The molecule has 0 bridgehead atoms. The third-order valence-corrected chi connectivity index (χ3v) is 5.71. The van der Waals surface area contributed by atoms with Gasteiger partial charge in [0.25, 0.3) is 0 Å². The van der Waals surface area contributed by atoms with Crippen molar-refractivity contribution in [3.05, 3.63) is 70.8 Å². The highest BCUT2D eigenvalue weighted by Crippen LogP contribution is 2.33. The zero-order chi connectivity index (χ0) is 26.2. The molecule has 0 aliphatic rings. The molecule has 2 aromatic heterocycles. The van der Waals surface area contributed by atoms with E-state index >= 15 is 0 Å². The molecule has 2 heterocycles. The van der Waals surface area contributed by atoms with Crippen molar-refractivity contribution < 1.29 is 23.8 Å². The van der Waals surface area contributed by atoms with E-state index in [2.05, 4.69) is 30.3 Å². The fraction of sp³-hybridized carbons (Fsp3) is 0.280. The lowest BCUT2D eigenvalue weighted by Gasteiger charge is -2.16. The van der Waals surface area contributed by atoms with Gasteiger partial charge in [-0.2, -0.15) is 5.21 Å². The molecule has 0 unspecified atom stereocenters. The van der Waals surface area contributed by atoms with Crippen molar-refractivity contribution in [1.82, 2.24) is 30.2 Å².